The lowest BCUT2D eigenvalue weighted by molar-refractivity contribution is 0.104. The molecule has 0 aliphatic rings. The maximum Gasteiger partial charge on any atom is 0.203 e. The van der Waals surface area contributed by atoms with E-state index < -0.39 is 0 Å². The van der Waals surface area contributed by atoms with Crippen molar-refractivity contribution in [1.82, 2.24) is 0 Å². The Morgan fingerprint density at radius 2 is 1.71 bits per heavy atom. The summed E-state index contributed by atoms with van der Waals surface area (Å²) in [6.07, 6.45) is 3.10. The van der Waals surface area contributed by atoms with E-state index >= 15 is 0 Å². The maximum atomic E-state index is 12.4. The highest BCUT2D eigenvalue weighted by Crippen LogP contribution is 2.38. The highest BCUT2D eigenvalue weighted by Gasteiger charge is 2.15. The zero-order valence-electron chi connectivity index (χ0n) is 13.7. The Bertz CT molecular complexity index is 793. The number of ether oxygens (including phenoxy) is 3. The Labute approximate surface area is 140 Å². The fourth-order valence-corrected chi connectivity index (χ4v) is 2.20. The molecule has 0 aliphatic heterocycles. The summed E-state index contributed by atoms with van der Waals surface area (Å²) in [4.78, 5) is 12.4. The molecular weight excluding hydrogens is 306 g/mol. The van der Waals surface area contributed by atoms with Crippen LogP contribution in [0.1, 0.15) is 21.5 Å². The Morgan fingerprint density at radius 3 is 2.25 bits per heavy atom. The molecule has 5 nitrogen and oxygen atoms in total. The summed E-state index contributed by atoms with van der Waals surface area (Å²) in [5, 5.41) is 8.90. The molecule has 2 aromatic carbocycles. The molecule has 2 rings (SSSR count). The van der Waals surface area contributed by atoms with Gasteiger partial charge in [-0.05, 0) is 35.9 Å². The standard InChI is InChI=1S/C19H17NO4/c1-22-17-10-15(11-18(23-2)19(17)24-3)16(21)8-7-13-5-4-6-14(9-13)12-20/h4-11H,1-3H3/b8-7+. The average molecular weight is 323 g/mol. The normalized spacial score (nSPS) is 10.2. The van der Waals surface area contributed by atoms with Crippen LogP contribution in [0.5, 0.6) is 17.2 Å². The van der Waals surface area contributed by atoms with Crippen LogP contribution in [-0.4, -0.2) is 27.1 Å². The van der Waals surface area contributed by atoms with Crippen molar-refractivity contribution in [3.05, 3.63) is 59.2 Å². The minimum Gasteiger partial charge on any atom is -0.493 e. The topological polar surface area (TPSA) is 68.6 Å². The molecule has 0 amide bonds. The van der Waals surface area contributed by atoms with Crippen molar-refractivity contribution in [3.63, 3.8) is 0 Å². The Morgan fingerprint density at radius 1 is 1.04 bits per heavy atom. The molecule has 0 saturated carbocycles. The van der Waals surface area contributed by atoms with Crippen LogP contribution < -0.4 is 14.2 Å². The first-order valence-corrected chi connectivity index (χ1v) is 7.15. The number of ketones is 1. The molecule has 0 saturated heterocycles. The minimum absolute atomic E-state index is 0.211. The predicted octanol–water partition coefficient (Wildman–Crippen LogP) is 3.48. The van der Waals surface area contributed by atoms with Gasteiger partial charge in [-0.1, -0.05) is 18.2 Å². The van der Waals surface area contributed by atoms with E-state index in [2.05, 4.69) is 6.07 Å². The lowest BCUT2D eigenvalue weighted by Crippen LogP contribution is -2.00. The van der Waals surface area contributed by atoms with Gasteiger partial charge < -0.3 is 14.2 Å². The third-order valence-corrected chi connectivity index (χ3v) is 3.39. The summed E-state index contributed by atoms with van der Waals surface area (Å²) in [5.41, 5.74) is 1.73. The third kappa shape index (κ3) is 3.73. The van der Waals surface area contributed by atoms with Crippen molar-refractivity contribution in [2.24, 2.45) is 0 Å². The summed E-state index contributed by atoms with van der Waals surface area (Å²) in [6.45, 7) is 0. The number of allylic oxidation sites excluding steroid dienone is 1. The molecule has 24 heavy (non-hydrogen) atoms. The number of hydrogen-bond donors (Lipinski definition) is 0. The van der Waals surface area contributed by atoms with Crippen molar-refractivity contribution in [3.8, 4) is 23.3 Å². The molecule has 2 aromatic rings. The van der Waals surface area contributed by atoms with Crippen LogP contribution in [0, 0.1) is 11.3 Å². The van der Waals surface area contributed by atoms with Crippen molar-refractivity contribution < 1.29 is 19.0 Å². The molecule has 0 radical (unpaired) electrons. The van der Waals surface area contributed by atoms with Gasteiger partial charge in [0.25, 0.3) is 0 Å². The molecule has 0 aliphatic carbocycles. The van der Waals surface area contributed by atoms with Crippen LogP contribution in [0.4, 0.5) is 0 Å². The number of nitriles is 1. The first-order valence-electron chi connectivity index (χ1n) is 7.15. The largest absolute Gasteiger partial charge is 0.493 e. The lowest BCUT2D eigenvalue weighted by Gasteiger charge is -2.13. The second-order valence-corrected chi connectivity index (χ2v) is 4.85. The number of nitrogens with zero attached hydrogens (tertiary/aromatic N) is 1. The van der Waals surface area contributed by atoms with E-state index in [0.29, 0.717) is 28.4 Å². The van der Waals surface area contributed by atoms with Gasteiger partial charge in [0, 0.05) is 5.56 Å². The summed E-state index contributed by atoms with van der Waals surface area (Å²) in [7, 11) is 4.49. The second-order valence-electron chi connectivity index (χ2n) is 4.85. The fraction of sp³-hybridized carbons (Fsp3) is 0.158. The molecule has 0 bridgehead atoms. The number of carbonyl (C=O) groups excluding carboxylic acids is 1. The number of methoxy groups -OCH3 is 3. The van der Waals surface area contributed by atoms with Gasteiger partial charge in [0.1, 0.15) is 0 Å². The van der Waals surface area contributed by atoms with Crippen molar-refractivity contribution in [1.29, 1.82) is 5.26 Å². The van der Waals surface area contributed by atoms with Crippen LogP contribution in [-0.2, 0) is 0 Å². The molecule has 0 fully saturated rings. The van der Waals surface area contributed by atoms with E-state index in [0.717, 1.165) is 5.56 Å². The zero-order valence-corrected chi connectivity index (χ0v) is 13.7. The van der Waals surface area contributed by atoms with Crippen molar-refractivity contribution in [2.75, 3.05) is 21.3 Å². The van der Waals surface area contributed by atoms with Gasteiger partial charge in [0.2, 0.25) is 5.75 Å². The van der Waals surface area contributed by atoms with Gasteiger partial charge >= 0.3 is 0 Å². The molecular formula is C19H17NO4. The van der Waals surface area contributed by atoms with E-state index in [1.807, 2.05) is 6.07 Å². The molecule has 0 spiro atoms. The smallest absolute Gasteiger partial charge is 0.203 e. The van der Waals surface area contributed by atoms with E-state index in [1.165, 1.54) is 27.4 Å². The predicted molar refractivity (Wildman–Crippen MR) is 90.6 cm³/mol. The van der Waals surface area contributed by atoms with E-state index in [1.54, 1.807) is 36.4 Å². The summed E-state index contributed by atoms with van der Waals surface area (Å²) in [6, 6.07) is 12.3. The number of rotatable bonds is 6. The first-order chi connectivity index (χ1) is 11.6. The molecule has 0 heterocycles. The Balaban J connectivity index is 2.32. The average Bonchev–Trinajstić information content (AvgIpc) is 2.64. The van der Waals surface area contributed by atoms with Gasteiger partial charge in [-0.25, -0.2) is 0 Å². The highest BCUT2D eigenvalue weighted by atomic mass is 16.5. The van der Waals surface area contributed by atoms with Crippen molar-refractivity contribution in [2.45, 2.75) is 0 Å². The summed E-state index contributed by atoms with van der Waals surface area (Å²) < 4.78 is 15.7. The van der Waals surface area contributed by atoms with E-state index in [9.17, 15) is 4.79 Å². The molecule has 0 unspecified atom stereocenters. The van der Waals surface area contributed by atoms with E-state index in [4.69, 9.17) is 19.5 Å². The van der Waals surface area contributed by atoms with Gasteiger partial charge in [-0.2, -0.15) is 5.26 Å². The van der Waals surface area contributed by atoms with Gasteiger partial charge in [-0.15, -0.1) is 0 Å². The molecule has 5 heteroatoms. The Kier molecular flexibility index (Phi) is 5.58. The van der Waals surface area contributed by atoms with Crippen LogP contribution in [0.3, 0.4) is 0 Å². The van der Waals surface area contributed by atoms with Crippen LogP contribution in [0.15, 0.2) is 42.5 Å². The van der Waals surface area contributed by atoms with Gasteiger partial charge in [0.15, 0.2) is 17.3 Å². The fourth-order valence-electron chi connectivity index (χ4n) is 2.20. The zero-order chi connectivity index (χ0) is 17.5. The molecule has 0 N–H and O–H groups in total. The first kappa shape index (κ1) is 17.1. The second kappa shape index (κ2) is 7.84. The monoisotopic (exact) mass is 323 g/mol. The van der Waals surface area contributed by atoms with Gasteiger partial charge in [0.05, 0.1) is 33.0 Å². The lowest BCUT2D eigenvalue weighted by atomic mass is 10.1. The van der Waals surface area contributed by atoms with Crippen LogP contribution >= 0.6 is 0 Å². The maximum absolute atomic E-state index is 12.4. The van der Waals surface area contributed by atoms with Crippen LogP contribution in [0.2, 0.25) is 0 Å². The summed E-state index contributed by atoms with van der Waals surface area (Å²) >= 11 is 0. The van der Waals surface area contributed by atoms with Crippen molar-refractivity contribution >= 4 is 11.9 Å². The molecule has 122 valence electrons. The van der Waals surface area contributed by atoms with Crippen LogP contribution in [0.25, 0.3) is 6.08 Å². The minimum atomic E-state index is -0.211. The molecule has 0 aromatic heterocycles. The molecule has 0 atom stereocenters. The quantitative estimate of drug-likeness (QED) is 0.601. The number of benzene rings is 2. The Hall–Kier alpha value is -3.26. The number of carbonyl (C=O) groups is 1. The number of hydrogen-bond acceptors (Lipinski definition) is 5. The third-order valence-electron chi connectivity index (χ3n) is 3.39. The highest BCUT2D eigenvalue weighted by molar-refractivity contribution is 6.07. The SMILES string of the molecule is COc1cc(C(=O)/C=C/c2cccc(C#N)c2)cc(OC)c1OC. The van der Waals surface area contributed by atoms with Gasteiger partial charge in [-0.3, -0.25) is 4.79 Å². The van der Waals surface area contributed by atoms with E-state index in [-0.39, 0.29) is 5.78 Å². The summed E-state index contributed by atoms with van der Waals surface area (Å²) in [5.74, 6) is 1.05.